The van der Waals surface area contributed by atoms with Crippen molar-refractivity contribution in [2.45, 2.75) is 9.79 Å². The van der Waals surface area contributed by atoms with E-state index in [9.17, 15) is 13.7 Å². The van der Waals surface area contributed by atoms with Crippen LogP contribution in [0, 0.1) is 17.4 Å². The zero-order chi connectivity index (χ0) is 17.9. The predicted octanol–water partition coefficient (Wildman–Crippen LogP) is 4.64. The quantitative estimate of drug-likeness (QED) is 0.673. The second kappa shape index (κ2) is 6.98. The fraction of sp³-hybridized carbons (Fsp3) is 0. The summed E-state index contributed by atoms with van der Waals surface area (Å²) in [5, 5.41) is 9.80. The zero-order valence-electron chi connectivity index (χ0n) is 12.8. The summed E-state index contributed by atoms with van der Waals surface area (Å²) in [5.41, 5.74) is 0.108. The van der Waals surface area contributed by atoms with Crippen LogP contribution in [0.15, 0.2) is 76.5 Å². The number of sulfone groups is 1. The average molecular weight is 369 g/mol. The van der Waals surface area contributed by atoms with Crippen molar-refractivity contribution in [3.63, 3.8) is 0 Å². The van der Waals surface area contributed by atoms with E-state index in [1.54, 1.807) is 36.4 Å². The topological polar surface area (TPSA) is 67.2 Å². The summed E-state index contributed by atoms with van der Waals surface area (Å²) in [6.07, 6.45) is 0. The molecule has 3 aromatic rings. The number of rotatable bonds is 4. The minimum Gasteiger partial charge on any atom is -0.456 e. The summed E-state index contributed by atoms with van der Waals surface area (Å²) in [4.78, 5) is 0.192. The van der Waals surface area contributed by atoms with Crippen LogP contribution in [-0.4, -0.2) is 8.42 Å². The van der Waals surface area contributed by atoms with Crippen LogP contribution in [0.1, 0.15) is 5.56 Å². The summed E-state index contributed by atoms with van der Waals surface area (Å²) in [7, 11) is -3.70. The smallest absolute Gasteiger partial charge is 0.206 e. The first-order valence-electron chi connectivity index (χ1n) is 7.19. The molecule has 0 unspecified atom stereocenters. The van der Waals surface area contributed by atoms with Gasteiger partial charge in [-0.05, 0) is 54.6 Å². The predicted molar refractivity (Wildman–Crippen MR) is 93.4 cm³/mol. The van der Waals surface area contributed by atoms with Crippen molar-refractivity contribution in [1.29, 1.82) is 5.26 Å². The minimum atomic E-state index is -3.70. The molecule has 0 heterocycles. The normalized spacial score (nSPS) is 10.9. The van der Waals surface area contributed by atoms with Crippen LogP contribution in [0.3, 0.4) is 0 Å². The maximum absolute atomic E-state index is 12.6. The SMILES string of the molecule is N#Cc1cc(S(=O)(=O)c2ccccc2)ccc1Oc1c[c]cc(Cl)c1. The lowest BCUT2D eigenvalue weighted by atomic mass is 10.2. The maximum Gasteiger partial charge on any atom is 0.206 e. The van der Waals surface area contributed by atoms with Gasteiger partial charge in [0.05, 0.1) is 15.4 Å². The molecule has 0 saturated heterocycles. The van der Waals surface area contributed by atoms with Gasteiger partial charge < -0.3 is 4.74 Å². The van der Waals surface area contributed by atoms with Gasteiger partial charge in [0.1, 0.15) is 17.6 Å². The molecule has 0 aromatic heterocycles. The summed E-state index contributed by atoms with van der Waals surface area (Å²) in [6, 6.07) is 21.7. The number of hydrogen-bond donors (Lipinski definition) is 0. The van der Waals surface area contributed by atoms with E-state index >= 15 is 0 Å². The van der Waals surface area contributed by atoms with E-state index in [2.05, 4.69) is 6.07 Å². The molecule has 0 N–H and O–H groups in total. The van der Waals surface area contributed by atoms with Gasteiger partial charge in [-0.15, -0.1) is 0 Å². The number of nitrogens with zero attached hydrogens (tertiary/aromatic N) is 1. The monoisotopic (exact) mass is 368 g/mol. The molecule has 6 heteroatoms. The molecule has 0 aliphatic rings. The Bertz CT molecular complexity index is 1060. The molecule has 0 amide bonds. The Balaban J connectivity index is 1.99. The van der Waals surface area contributed by atoms with Gasteiger partial charge in [-0.3, -0.25) is 0 Å². The van der Waals surface area contributed by atoms with Crippen LogP contribution >= 0.6 is 11.6 Å². The van der Waals surface area contributed by atoms with Gasteiger partial charge in [0.25, 0.3) is 0 Å². The largest absolute Gasteiger partial charge is 0.456 e. The Morgan fingerprint density at radius 1 is 1.00 bits per heavy atom. The van der Waals surface area contributed by atoms with Crippen LogP contribution in [-0.2, 0) is 9.84 Å². The summed E-state index contributed by atoms with van der Waals surface area (Å²) >= 11 is 5.88. The van der Waals surface area contributed by atoms with Crippen molar-refractivity contribution in [3.8, 4) is 17.6 Å². The van der Waals surface area contributed by atoms with Crippen molar-refractivity contribution in [1.82, 2.24) is 0 Å². The third kappa shape index (κ3) is 3.66. The minimum absolute atomic E-state index is 0.0280. The summed E-state index contributed by atoms with van der Waals surface area (Å²) in [6.45, 7) is 0. The number of benzene rings is 3. The molecular formula is C19H11ClNO3S. The fourth-order valence-corrected chi connectivity index (χ4v) is 3.68. The van der Waals surface area contributed by atoms with Crippen LogP contribution < -0.4 is 4.74 Å². The second-order valence-electron chi connectivity index (χ2n) is 5.08. The average Bonchev–Trinajstić information content (AvgIpc) is 2.62. The van der Waals surface area contributed by atoms with E-state index < -0.39 is 9.84 Å². The number of nitriles is 1. The summed E-state index contributed by atoms with van der Waals surface area (Å²) < 4.78 is 30.9. The van der Waals surface area contributed by atoms with E-state index in [0.29, 0.717) is 10.8 Å². The standard InChI is InChI=1S/C19H11ClNO3S/c20-15-5-4-6-16(12-15)24-19-10-9-18(11-14(19)13-21)25(22,23)17-7-2-1-3-8-17/h1-3,5-12H. The lowest BCUT2D eigenvalue weighted by Crippen LogP contribution is -2.02. The molecule has 123 valence electrons. The van der Waals surface area contributed by atoms with Crippen LogP contribution in [0.2, 0.25) is 5.02 Å². The third-order valence-corrected chi connectivity index (χ3v) is 5.38. The first kappa shape index (κ1) is 17.0. The number of hydrogen-bond acceptors (Lipinski definition) is 4. The van der Waals surface area contributed by atoms with Crippen molar-refractivity contribution >= 4 is 21.4 Å². The van der Waals surface area contributed by atoms with Crippen molar-refractivity contribution in [2.24, 2.45) is 0 Å². The molecule has 0 aliphatic carbocycles. The highest BCUT2D eigenvalue weighted by Crippen LogP contribution is 2.30. The molecule has 1 radical (unpaired) electrons. The molecule has 4 nitrogen and oxygen atoms in total. The van der Waals surface area contributed by atoms with E-state index in [-0.39, 0.29) is 21.1 Å². The molecule has 25 heavy (non-hydrogen) atoms. The first-order valence-corrected chi connectivity index (χ1v) is 9.05. The van der Waals surface area contributed by atoms with E-state index in [0.717, 1.165) is 0 Å². The van der Waals surface area contributed by atoms with Crippen LogP contribution in [0.25, 0.3) is 0 Å². The highest BCUT2D eigenvalue weighted by Gasteiger charge is 2.19. The van der Waals surface area contributed by atoms with Gasteiger partial charge in [-0.1, -0.05) is 29.8 Å². The Labute approximate surface area is 150 Å². The van der Waals surface area contributed by atoms with Crippen molar-refractivity contribution in [2.75, 3.05) is 0 Å². The molecular weight excluding hydrogens is 358 g/mol. The molecule has 3 rings (SSSR count). The van der Waals surface area contributed by atoms with E-state index in [1.807, 2.05) is 6.07 Å². The van der Waals surface area contributed by atoms with Crippen molar-refractivity contribution < 1.29 is 13.2 Å². The lowest BCUT2D eigenvalue weighted by Gasteiger charge is -2.10. The maximum atomic E-state index is 12.6. The third-order valence-electron chi connectivity index (χ3n) is 3.39. The molecule has 0 bridgehead atoms. The zero-order valence-corrected chi connectivity index (χ0v) is 14.4. The number of ether oxygens (including phenoxy) is 1. The summed E-state index contributed by atoms with van der Waals surface area (Å²) in [5.74, 6) is 0.646. The van der Waals surface area contributed by atoms with Crippen LogP contribution in [0.5, 0.6) is 11.5 Å². The Kier molecular flexibility index (Phi) is 4.75. The van der Waals surface area contributed by atoms with Crippen molar-refractivity contribution in [3.05, 3.63) is 83.4 Å². The molecule has 0 atom stereocenters. The van der Waals surface area contributed by atoms with Gasteiger partial charge in [0.15, 0.2) is 0 Å². The molecule has 0 fully saturated rings. The lowest BCUT2D eigenvalue weighted by molar-refractivity contribution is 0.480. The van der Waals surface area contributed by atoms with E-state index in [1.165, 1.54) is 30.3 Å². The number of halogens is 1. The molecule has 0 spiro atoms. The Morgan fingerprint density at radius 2 is 1.76 bits per heavy atom. The fourth-order valence-electron chi connectivity index (χ4n) is 2.20. The van der Waals surface area contributed by atoms with Crippen LogP contribution in [0.4, 0.5) is 0 Å². The highest BCUT2D eigenvalue weighted by atomic mass is 35.5. The highest BCUT2D eigenvalue weighted by molar-refractivity contribution is 7.91. The van der Waals surface area contributed by atoms with Gasteiger partial charge in [-0.25, -0.2) is 8.42 Å². The van der Waals surface area contributed by atoms with Gasteiger partial charge in [0.2, 0.25) is 9.84 Å². The molecule has 0 aliphatic heterocycles. The molecule has 3 aromatic carbocycles. The van der Waals surface area contributed by atoms with Gasteiger partial charge in [-0.2, -0.15) is 5.26 Å². The Hall–Kier alpha value is -2.81. The van der Waals surface area contributed by atoms with Gasteiger partial charge >= 0.3 is 0 Å². The Morgan fingerprint density at radius 3 is 2.44 bits per heavy atom. The van der Waals surface area contributed by atoms with Gasteiger partial charge in [0, 0.05) is 5.02 Å². The van der Waals surface area contributed by atoms with E-state index in [4.69, 9.17) is 16.3 Å². The first-order chi connectivity index (χ1) is 12.0. The second-order valence-corrected chi connectivity index (χ2v) is 7.46. The molecule has 0 saturated carbocycles.